The molecule has 0 spiro atoms. The Morgan fingerprint density at radius 3 is 1.79 bits per heavy atom. The van der Waals surface area contributed by atoms with Gasteiger partial charge in [-0.3, -0.25) is 4.79 Å². The van der Waals surface area contributed by atoms with Gasteiger partial charge >= 0.3 is 18.1 Å². The van der Waals surface area contributed by atoms with Crippen LogP contribution in [0.4, 0.5) is 30.7 Å². The monoisotopic (exact) mass is 420 g/mol. The number of alkyl halides is 3. The minimum Gasteiger partial charge on any atom is -0.476 e. The van der Waals surface area contributed by atoms with E-state index in [1.807, 2.05) is 0 Å². The second-order valence-corrected chi connectivity index (χ2v) is 6.11. The van der Waals surface area contributed by atoms with E-state index in [4.69, 9.17) is 0 Å². The van der Waals surface area contributed by atoms with E-state index >= 15 is 0 Å². The van der Waals surface area contributed by atoms with Crippen molar-refractivity contribution in [3.63, 3.8) is 0 Å². The molecule has 0 unspecified atom stereocenters. The molecule has 28 heavy (non-hydrogen) atoms. The zero-order valence-electron chi connectivity index (χ0n) is 14.8. The van der Waals surface area contributed by atoms with Crippen LogP contribution in [0.3, 0.4) is 0 Å². The molecule has 0 heterocycles. The molecule has 1 aromatic carbocycles. The Balaban J connectivity index is 3.03. The molecule has 5 nitrogen and oxygen atoms in total. The number of carbonyl (C=O) groups is 2. The van der Waals surface area contributed by atoms with E-state index in [0.29, 0.717) is 0 Å². The number of hydrogen-bond acceptors (Lipinski definition) is 5. The maximum absolute atomic E-state index is 14.0. The average Bonchev–Trinajstić information content (AvgIpc) is 2.60. The standard InChI is InChI=1S/C16H15F7O5/c1-4-15(2,3)14(25)28-13-10(19)8(17)12(9(18)11(13)20)26-5-7(24)27-6-16(21,22)23/h4-6H2,1-3H3. The summed E-state index contributed by atoms with van der Waals surface area (Å²) in [6.07, 6.45) is -4.68. The number of hydrogen-bond donors (Lipinski definition) is 0. The molecule has 0 amide bonds. The highest BCUT2D eigenvalue weighted by atomic mass is 19.4. The van der Waals surface area contributed by atoms with E-state index < -0.39 is 71.5 Å². The van der Waals surface area contributed by atoms with Crippen molar-refractivity contribution in [1.29, 1.82) is 0 Å². The van der Waals surface area contributed by atoms with Crippen molar-refractivity contribution >= 4 is 11.9 Å². The first-order chi connectivity index (χ1) is 12.7. The molecule has 0 saturated carbocycles. The average molecular weight is 420 g/mol. The van der Waals surface area contributed by atoms with Gasteiger partial charge in [-0.2, -0.15) is 30.7 Å². The smallest absolute Gasteiger partial charge is 0.422 e. The van der Waals surface area contributed by atoms with E-state index in [-0.39, 0.29) is 6.42 Å². The van der Waals surface area contributed by atoms with Crippen molar-refractivity contribution in [3.05, 3.63) is 23.3 Å². The third-order valence-corrected chi connectivity index (χ3v) is 3.55. The second-order valence-electron chi connectivity index (χ2n) is 6.11. The number of rotatable bonds is 7. The summed E-state index contributed by atoms with van der Waals surface area (Å²) in [4.78, 5) is 22.9. The second kappa shape index (κ2) is 8.65. The summed E-state index contributed by atoms with van der Waals surface area (Å²) in [5.74, 6) is -14.8. The van der Waals surface area contributed by atoms with Crippen LogP contribution in [-0.2, 0) is 14.3 Å². The SMILES string of the molecule is CCC(C)(C)C(=O)Oc1c(F)c(F)c(OCC(=O)OCC(F)(F)F)c(F)c1F. The van der Waals surface area contributed by atoms with Crippen molar-refractivity contribution in [3.8, 4) is 11.5 Å². The van der Waals surface area contributed by atoms with Crippen molar-refractivity contribution in [2.45, 2.75) is 33.4 Å². The zero-order chi connectivity index (χ0) is 21.9. The van der Waals surface area contributed by atoms with Gasteiger partial charge in [0.2, 0.25) is 29.0 Å². The summed E-state index contributed by atoms with van der Waals surface area (Å²) in [6.45, 7) is 0.823. The van der Waals surface area contributed by atoms with Crippen molar-refractivity contribution in [2.75, 3.05) is 13.2 Å². The molecular formula is C16H15F7O5. The first-order valence-corrected chi connectivity index (χ1v) is 7.64. The minimum absolute atomic E-state index is 0.182. The Kier molecular flexibility index (Phi) is 7.26. The van der Waals surface area contributed by atoms with Gasteiger partial charge < -0.3 is 14.2 Å². The summed E-state index contributed by atoms with van der Waals surface area (Å²) < 4.78 is 104. The van der Waals surface area contributed by atoms with Gasteiger partial charge in [0.25, 0.3) is 0 Å². The predicted octanol–water partition coefficient (Wildman–Crippen LogP) is 4.07. The van der Waals surface area contributed by atoms with Gasteiger partial charge in [-0.15, -0.1) is 0 Å². The van der Waals surface area contributed by atoms with Crippen molar-refractivity contribution in [2.24, 2.45) is 5.41 Å². The molecule has 0 atom stereocenters. The Labute approximate surface area is 154 Å². The van der Waals surface area contributed by atoms with E-state index in [1.165, 1.54) is 13.8 Å². The fourth-order valence-corrected chi connectivity index (χ4v) is 1.52. The Hall–Kier alpha value is -2.53. The molecule has 0 aliphatic rings. The van der Waals surface area contributed by atoms with Crippen LogP contribution in [0.2, 0.25) is 0 Å². The molecular weight excluding hydrogens is 405 g/mol. The summed E-state index contributed by atoms with van der Waals surface area (Å²) in [5, 5.41) is 0. The lowest BCUT2D eigenvalue weighted by Gasteiger charge is -2.21. The fraction of sp³-hybridized carbons (Fsp3) is 0.500. The normalized spacial score (nSPS) is 11.9. The van der Waals surface area contributed by atoms with Gasteiger partial charge in [0.05, 0.1) is 5.41 Å². The van der Waals surface area contributed by atoms with E-state index in [0.717, 1.165) is 0 Å². The molecule has 158 valence electrons. The molecule has 0 aromatic heterocycles. The highest BCUT2D eigenvalue weighted by molar-refractivity contribution is 5.78. The molecule has 0 radical (unpaired) electrons. The lowest BCUT2D eigenvalue weighted by molar-refractivity contribution is -0.187. The van der Waals surface area contributed by atoms with Gasteiger partial charge in [-0.05, 0) is 20.3 Å². The summed E-state index contributed by atoms with van der Waals surface area (Å²) in [7, 11) is 0. The number of ether oxygens (including phenoxy) is 3. The van der Waals surface area contributed by atoms with Crippen LogP contribution in [0, 0.1) is 28.7 Å². The number of esters is 2. The molecule has 1 rings (SSSR count). The largest absolute Gasteiger partial charge is 0.476 e. The maximum atomic E-state index is 14.0. The first-order valence-electron chi connectivity index (χ1n) is 7.64. The van der Waals surface area contributed by atoms with Gasteiger partial charge in [-0.25, -0.2) is 4.79 Å². The Bertz CT molecular complexity index is 730. The molecule has 0 fully saturated rings. The molecule has 1 aromatic rings. The molecule has 12 heteroatoms. The Morgan fingerprint density at radius 1 is 0.893 bits per heavy atom. The molecule has 0 bridgehead atoms. The lowest BCUT2D eigenvalue weighted by atomic mass is 9.91. The summed E-state index contributed by atoms with van der Waals surface area (Å²) in [5.41, 5.74) is -1.22. The van der Waals surface area contributed by atoms with Crippen LogP contribution in [0.15, 0.2) is 0 Å². The van der Waals surface area contributed by atoms with Crippen LogP contribution < -0.4 is 9.47 Å². The quantitative estimate of drug-likeness (QED) is 0.288. The van der Waals surface area contributed by atoms with Crippen LogP contribution in [-0.4, -0.2) is 31.3 Å². The van der Waals surface area contributed by atoms with Gasteiger partial charge in [0.15, 0.2) is 19.0 Å². The zero-order valence-corrected chi connectivity index (χ0v) is 14.8. The summed E-state index contributed by atoms with van der Waals surface area (Å²) >= 11 is 0. The van der Waals surface area contributed by atoms with Crippen LogP contribution in [0.5, 0.6) is 11.5 Å². The van der Waals surface area contributed by atoms with Crippen LogP contribution >= 0.6 is 0 Å². The van der Waals surface area contributed by atoms with Crippen LogP contribution in [0.25, 0.3) is 0 Å². The molecule has 0 aliphatic carbocycles. The highest BCUT2D eigenvalue weighted by Crippen LogP contribution is 2.36. The first kappa shape index (κ1) is 23.5. The van der Waals surface area contributed by atoms with Crippen molar-refractivity contribution < 1.29 is 54.5 Å². The third-order valence-electron chi connectivity index (χ3n) is 3.55. The molecule has 0 N–H and O–H groups in total. The van der Waals surface area contributed by atoms with E-state index in [2.05, 4.69) is 14.2 Å². The number of carbonyl (C=O) groups excluding carboxylic acids is 2. The Morgan fingerprint density at radius 2 is 1.36 bits per heavy atom. The van der Waals surface area contributed by atoms with Crippen molar-refractivity contribution in [1.82, 2.24) is 0 Å². The van der Waals surface area contributed by atoms with E-state index in [1.54, 1.807) is 6.92 Å². The topological polar surface area (TPSA) is 61.8 Å². The van der Waals surface area contributed by atoms with Gasteiger partial charge in [-0.1, -0.05) is 6.92 Å². The van der Waals surface area contributed by atoms with Crippen LogP contribution in [0.1, 0.15) is 27.2 Å². The maximum Gasteiger partial charge on any atom is 0.422 e. The minimum atomic E-state index is -4.86. The predicted molar refractivity (Wildman–Crippen MR) is 78.5 cm³/mol. The van der Waals surface area contributed by atoms with Gasteiger partial charge in [0, 0.05) is 0 Å². The molecule has 0 aliphatic heterocycles. The fourth-order valence-electron chi connectivity index (χ4n) is 1.52. The highest BCUT2D eigenvalue weighted by Gasteiger charge is 2.34. The van der Waals surface area contributed by atoms with E-state index in [9.17, 15) is 40.3 Å². The lowest BCUT2D eigenvalue weighted by Crippen LogP contribution is -2.29. The third kappa shape index (κ3) is 5.73. The number of benzene rings is 1. The molecule has 0 saturated heterocycles. The number of halogens is 7. The van der Waals surface area contributed by atoms with Gasteiger partial charge in [0.1, 0.15) is 0 Å². The summed E-state index contributed by atoms with van der Waals surface area (Å²) in [6, 6.07) is 0.